The van der Waals surface area contributed by atoms with Crippen LogP contribution < -0.4 is 0 Å². The number of unbranched alkanes of at least 4 members (excludes halogenated alkanes) is 8. The quantitative estimate of drug-likeness (QED) is 0.179. The topological polar surface area (TPSA) is 77.8 Å². The van der Waals surface area contributed by atoms with Crippen LogP contribution in [-0.4, -0.2) is 21.1 Å². The minimum Gasteiger partial charge on any atom is -0.508 e. The van der Waals surface area contributed by atoms with Crippen molar-refractivity contribution in [2.75, 3.05) is 0 Å². The zero-order chi connectivity index (χ0) is 20.4. The monoisotopic (exact) mass is 384 g/mol. The number of phenolic OH excluding ortho intramolecular Hbond substituents is 3. The van der Waals surface area contributed by atoms with Crippen LogP contribution in [0.1, 0.15) is 86.2 Å². The SMILES string of the molecule is CCCCCCCCCCCc1c(O)cc(C(=O)c2ccccc2)c(O)c1O. The van der Waals surface area contributed by atoms with E-state index in [1.165, 1.54) is 44.6 Å². The molecular weight excluding hydrogens is 352 g/mol. The van der Waals surface area contributed by atoms with Crippen LogP contribution >= 0.6 is 0 Å². The smallest absolute Gasteiger partial charge is 0.197 e. The summed E-state index contributed by atoms with van der Waals surface area (Å²) in [6.45, 7) is 2.22. The number of ketones is 1. The molecule has 0 aliphatic heterocycles. The first-order valence-corrected chi connectivity index (χ1v) is 10.4. The van der Waals surface area contributed by atoms with Crippen molar-refractivity contribution in [3.8, 4) is 17.2 Å². The molecule has 0 atom stereocenters. The number of carbonyl (C=O) groups is 1. The maximum absolute atomic E-state index is 12.5. The number of aromatic hydroxyl groups is 3. The molecule has 2 aromatic rings. The molecule has 0 aromatic heterocycles. The van der Waals surface area contributed by atoms with Crippen molar-refractivity contribution >= 4 is 5.78 Å². The minimum absolute atomic E-state index is 0.0861. The van der Waals surface area contributed by atoms with E-state index >= 15 is 0 Å². The molecule has 0 amide bonds. The van der Waals surface area contributed by atoms with E-state index < -0.39 is 11.5 Å². The van der Waals surface area contributed by atoms with Crippen LogP contribution in [0.15, 0.2) is 36.4 Å². The molecule has 28 heavy (non-hydrogen) atoms. The van der Waals surface area contributed by atoms with Crippen molar-refractivity contribution in [3.05, 3.63) is 53.1 Å². The number of hydrogen-bond donors (Lipinski definition) is 3. The summed E-state index contributed by atoms with van der Waals surface area (Å²) >= 11 is 0. The highest BCUT2D eigenvalue weighted by atomic mass is 16.3. The van der Waals surface area contributed by atoms with Crippen molar-refractivity contribution in [3.63, 3.8) is 0 Å². The minimum atomic E-state index is -0.461. The Morgan fingerprint density at radius 2 is 1.36 bits per heavy atom. The molecule has 3 N–H and O–H groups in total. The third-order valence-electron chi connectivity index (χ3n) is 5.17. The third-order valence-corrected chi connectivity index (χ3v) is 5.17. The number of carbonyl (C=O) groups excluding carboxylic acids is 1. The summed E-state index contributed by atoms with van der Waals surface area (Å²) in [7, 11) is 0. The van der Waals surface area contributed by atoms with Gasteiger partial charge in [-0.2, -0.15) is 0 Å². The van der Waals surface area contributed by atoms with Crippen molar-refractivity contribution < 1.29 is 20.1 Å². The lowest BCUT2D eigenvalue weighted by Gasteiger charge is -2.12. The largest absolute Gasteiger partial charge is 0.508 e. The average Bonchev–Trinajstić information content (AvgIpc) is 2.71. The summed E-state index contributed by atoms with van der Waals surface area (Å²) in [4.78, 5) is 12.5. The van der Waals surface area contributed by atoms with E-state index in [1.54, 1.807) is 30.3 Å². The van der Waals surface area contributed by atoms with Crippen molar-refractivity contribution in [1.29, 1.82) is 0 Å². The normalized spacial score (nSPS) is 10.9. The lowest BCUT2D eigenvalue weighted by Crippen LogP contribution is -2.03. The molecule has 0 heterocycles. The second kappa shape index (κ2) is 11.4. The molecule has 0 saturated heterocycles. The molecule has 0 aliphatic carbocycles. The van der Waals surface area contributed by atoms with Crippen LogP contribution in [-0.2, 0) is 6.42 Å². The Kier molecular flexibility index (Phi) is 8.86. The third kappa shape index (κ3) is 6.01. The van der Waals surface area contributed by atoms with E-state index in [0.29, 0.717) is 17.5 Å². The van der Waals surface area contributed by atoms with Crippen LogP contribution in [0.4, 0.5) is 0 Å². The molecule has 4 heteroatoms. The first kappa shape index (κ1) is 21.8. The van der Waals surface area contributed by atoms with Crippen LogP contribution in [0.3, 0.4) is 0 Å². The molecule has 4 nitrogen and oxygen atoms in total. The van der Waals surface area contributed by atoms with Crippen LogP contribution in [0.25, 0.3) is 0 Å². The molecule has 152 valence electrons. The van der Waals surface area contributed by atoms with Gasteiger partial charge in [-0.05, 0) is 18.9 Å². The van der Waals surface area contributed by atoms with Crippen molar-refractivity contribution in [2.45, 2.75) is 71.1 Å². The van der Waals surface area contributed by atoms with Gasteiger partial charge in [0.25, 0.3) is 0 Å². The fraction of sp³-hybridized carbons (Fsp3) is 0.458. The zero-order valence-electron chi connectivity index (χ0n) is 16.8. The van der Waals surface area contributed by atoms with E-state index in [4.69, 9.17) is 0 Å². The molecule has 0 bridgehead atoms. The maximum Gasteiger partial charge on any atom is 0.197 e. The fourth-order valence-electron chi connectivity index (χ4n) is 3.46. The molecule has 0 radical (unpaired) electrons. The first-order valence-electron chi connectivity index (χ1n) is 10.4. The highest BCUT2D eigenvalue weighted by Crippen LogP contribution is 2.40. The highest BCUT2D eigenvalue weighted by Gasteiger charge is 2.21. The Morgan fingerprint density at radius 1 is 0.786 bits per heavy atom. The summed E-state index contributed by atoms with van der Waals surface area (Å²) in [6, 6.07) is 9.76. The lowest BCUT2D eigenvalue weighted by molar-refractivity contribution is 0.103. The molecule has 0 saturated carbocycles. The van der Waals surface area contributed by atoms with Gasteiger partial charge < -0.3 is 15.3 Å². The van der Waals surface area contributed by atoms with Crippen molar-refractivity contribution in [2.24, 2.45) is 0 Å². The molecule has 0 unspecified atom stereocenters. The van der Waals surface area contributed by atoms with Crippen LogP contribution in [0.2, 0.25) is 0 Å². The van der Waals surface area contributed by atoms with Gasteiger partial charge in [-0.1, -0.05) is 88.6 Å². The van der Waals surface area contributed by atoms with E-state index in [0.717, 1.165) is 19.3 Å². The highest BCUT2D eigenvalue weighted by molar-refractivity contribution is 6.11. The Labute approximate surface area is 167 Å². The molecule has 2 aromatic carbocycles. The Morgan fingerprint density at radius 3 is 1.96 bits per heavy atom. The lowest BCUT2D eigenvalue weighted by atomic mass is 9.96. The Bertz CT molecular complexity index is 753. The summed E-state index contributed by atoms with van der Waals surface area (Å²) in [6.07, 6.45) is 11.1. The fourth-order valence-corrected chi connectivity index (χ4v) is 3.46. The van der Waals surface area contributed by atoms with Gasteiger partial charge in [0, 0.05) is 11.1 Å². The van der Waals surface area contributed by atoms with Gasteiger partial charge in [-0.15, -0.1) is 0 Å². The molecule has 0 fully saturated rings. The van der Waals surface area contributed by atoms with Gasteiger partial charge in [0.1, 0.15) is 5.75 Å². The van der Waals surface area contributed by atoms with Crippen molar-refractivity contribution in [1.82, 2.24) is 0 Å². The van der Waals surface area contributed by atoms with Gasteiger partial charge in [0.05, 0.1) is 5.56 Å². The van der Waals surface area contributed by atoms with Gasteiger partial charge in [0.2, 0.25) is 0 Å². The zero-order valence-corrected chi connectivity index (χ0v) is 16.8. The molecule has 2 rings (SSSR count). The maximum atomic E-state index is 12.5. The molecule has 0 spiro atoms. The first-order chi connectivity index (χ1) is 13.6. The summed E-state index contributed by atoms with van der Waals surface area (Å²) in [5.74, 6) is -1.43. The standard InChI is InChI=1S/C24H32O4/c1-2-3-4-5-6-7-8-9-13-16-19-21(25)17-20(24(28)23(19)27)22(26)18-14-11-10-12-15-18/h10-12,14-15,17,25,27-28H,2-9,13,16H2,1H3. The molecule has 0 aliphatic rings. The average molecular weight is 385 g/mol. The number of benzene rings is 2. The number of phenols is 3. The molecular formula is C24H32O4. The predicted molar refractivity (Wildman–Crippen MR) is 112 cm³/mol. The van der Waals surface area contributed by atoms with E-state index in [2.05, 4.69) is 6.92 Å². The van der Waals surface area contributed by atoms with Crippen LogP contribution in [0.5, 0.6) is 17.2 Å². The Balaban J connectivity index is 1.91. The van der Waals surface area contributed by atoms with E-state index in [-0.39, 0.29) is 17.1 Å². The van der Waals surface area contributed by atoms with E-state index in [9.17, 15) is 20.1 Å². The number of hydrogen-bond acceptors (Lipinski definition) is 4. The van der Waals surface area contributed by atoms with Gasteiger partial charge in [0.15, 0.2) is 17.3 Å². The van der Waals surface area contributed by atoms with Crippen LogP contribution in [0, 0.1) is 0 Å². The number of rotatable bonds is 12. The second-order valence-corrected chi connectivity index (χ2v) is 7.39. The van der Waals surface area contributed by atoms with E-state index in [1.807, 2.05) is 0 Å². The summed E-state index contributed by atoms with van der Waals surface area (Å²) in [5, 5.41) is 30.9. The van der Waals surface area contributed by atoms with Gasteiger partial charge in [-0.25, -0.2) is 0 Å². The second-order valence-electron chi connectivity index (χ2n) is 7.39. The Hall–Kier alpha value is -2.49. The predicted octanol–water partition coefficient (Wildman–Crippen LogP) is 6.11. The van der Waals surface area contributed by atoms with Gasteiger partial charge >= 0.3 is 0 Å². The summed E-state index contributed by atoms with van der Waals surface area (Å²) < 4.78 is 0. The van der Waals surface area contributed by atoms with Gasteiger partial charge in [-0.3, -0.25) is 4.79 Å². The summed E-state index contributed by atoms with van der Waals surface area (Å²) in [5.41, 5.74) is 0.616.